The van der Waals surface area contributed by atoms with E-state index in [9.17, 15) is 5.11 Å². The minimum atomic E-state index is 0. The molecule has 0 unspecified atom stereocenters. The predicted molar refractivity (Wildman–Crippen MR) is 159 cm³/mol. The SMILES string of the molecule is Cc1nc(-c2[c-]c(N3C=CN(c4c(C(C)C)cc(C(C)C)cc4C(C)C)[CH-]3)ccc2)nn1-c1ccccc1O.[Pt+2]. The second-order valence-electron chi connectivity index (χ2n) is 11.1. The van der Waals surface area contributed by atoms with Crippen molar-refractivity contribution in [3.05, 3.63) is 102 Å². The molecule has 1 N–H and O–H groups in total. The van der Waals surface area contributed by atoms with Gasteiger partial charge in [-0.1, -0.05) is 71.5 Å². The van der Waals surface area contributed by atoms with Crippen LogP contribution in [0, 0.1) is 19.7 Å². The first kappa shape index (κ1) is 29.6. The van der Waals surface area contributed by atoms with Crippen LogP contribution in [-0.4, -0.2) is 19.9 Å². The topological polar surface area (TPSA) is 57.4 Å². The standard InChI is InChI=1S/C33H37N5O.Pt/c1-21(2)26-18-28(22(3)4)32(29(19-26)23(5)6)37-16-15-36(20-37)27-12-10-11-25(17-27)33-34-24(7)38(35-33)30-13-8-9-14-31(30)39;/h8-16,18-23,39H,1-7H3;/q-2;+2. The van der Waals surface area contributed by atoms with Crippen LogP contribution in [0.3, 0.4) is 0 Å². The molecular weight excluding hydrogens is 677 g/mol. The van der Waals surface area contributed by atoms with Crippen LogP contribution < -0.4 is 9.80 Å². The molecule has 5 rings (SSSR count). The fourth-order valence-corrected chi connectivity index (χ4v) is 4.96. The molecule has 3 aromatic carbocycles. The van der Waals surface area contributed by atoms with Crippen LogP contribution in [-0.2, 0) is 21.1 Å². The van der Waals surface area contributed by atoms with Gasteiger partial charge in [-0.15, -0.1) is 36.5 Å². The van der Waals surface area contributed by atoms with Crippen molar-refractivity contribution in [1.29, 1.82) is 0 Å². The number of aromatic nitrogens is 3. The summed E-state index contributed by atoms with van der Waals surface area (Å²) in [6, 6.07) is 21.4. The van der Waals surface area contributed by atoms with E-state index in [-0.39, 0.29) is 26.8 Å². The fourth-order valence-electron chi connectivity index (χ4n) is 4.96. The number of phenols is 1. The van der Waals surface area contributed by atoms with Gasteiger partial charge in [-0.05, 0) is 65.9 Å². The summed E-state index contributed by atoms with van der Waals surface area (Å²) in [4.78, 5) is 8.99. The Morgan fingerprint density at radius 1 is 0.825 bits per heavy atom. The van der Waals surface area contributed by atoms with Gasteiger partial charge in [0.2, 0.25) is 0 Å². The average Bonchev–Trinajstić information content (AvgIpc) is 3.55. The maximum Gasteiger partial charge on any atom is 2.00 e. The van der Waals surface area contributed by atoms with E-state index in [1.165, 1.54) is 22.4 Å². The molecule has 0 amide bonds. The van der Waals surface area contributed by atoms with E-state index in [2.05, 4.69) is 98.7 Å². The Bertz CT molecular complexity index is 1490. The summed E-state index contributed by atoms with van der Waals surface area (Å²) in [5, 5.41) is 15.0. The number of benzene rings is 3. The van der Waals surface area contributed by atoms with Crippen LogP contribution >= 0.6 is 0 Å². The van der Waals surface area contributed by atoms with Crippen molar-refractivity contribution < 1.29 is 26.2 Å². The fraction of sp³-hybridized carbons (Fsp3) is 0.303. The Labute approximate surface area is 252 Å². The molecule has 0 saturated heterocycles. The monoisotopic (exact) mass is 714 g/mol. The maximum atomic E-state index is 10.3. The van der Waals surface area contributed by atoms with Gasteiger partial charge in [0.1, 0.15) is 17.3 Å². The molecule has 1 aliphatic rings. The third kappa shape index (κ3) is 5.74. The molecule has 4 aromatic rings. The molecule has 0 saturated carbocycles. The van der Waals surface area contributed by atoms with Gasteiger partial charge in [-0.2, -0.15) is 5.10 Å². The molecule has 0 bridgehead atoms. The molecule has 2 heterocycles. The van der Waals surface area contributed by atoms with Crippen molar-refractivity contribution in [3.63, 3.8) is 0 Å². The van der Waals surface area contributed by atoms with Gasteiger partial charge in [0, 0.05) is 5.69 Å². The van der Waals surface area contributed by atoms with Crippen LogP contribution in [0.1, 0.15) is 81.8 Å². The normalized spacial score (nSPS) is 13.2. The zero-order chi connectivity index (χ0) is 27.8. The zero-order valence-electron chi connectivity index (χ0n) is 24.2. The van der Waals surface area contributed by atoms with Crippen molar-refractivity contribution in [3.8, 4) is 22.8 Å². The summed E-state index contributed by atoms with van der Waals surface area (Å²) in [6.07, 6.45) is 4.19. The van der Waals surface area contributed by atoms with E-state index in [4.69, 9.17) is 0 Å². The molecule has 1 aromatic heterocycles. The van der Waals surface area contributed by atoms with Crippen molar-refractivity contribution in [1.82, 2.24) is 14.8 Å². The Kier molecular flexibility index (Phi) is 8.89. The number of hydrogen-bond acceptors (Lipinski definition) is 5. The third-order valence-corrected chi connectivity index (χ3v) is 7.17. The number of para-hydroxylation sites is 2. The Hall–Kier alpha value is -3.37. The Balaban J connectivity index is 0.00000370. The van der Waals surface area contributed by atoms with Gasteiger partial charge in [0.15, 0.2) is 0 Å². The molecule has 210 valence electrons. The van der Waals surface area contributed by atoms with E-state index in [0.29, 0.717) is 35.1 Å². The summed E-state index contributed by atoms with van der Waals surface area (Å²) in [5.41, 5.74) is 7.66. The van der Waals surface area contributed by atoms with Gasteiger partial charge in [-0.25, -0.2) is 4.68 Å². The smallest absolute Gasteiger partial charge is 0.506 e. The Morgan fingerprint density at radius 2 is 1.48 bits per heavy atom. The van der Waals surface area contributed by atoms with E-state index in [1.807, 2.05) is 37.3 Å². The average molecular weight is 715 g/mol. The molecule has 6 nitrogen and oxygen atoms in total. The van der Waals surface area contributed by atoms with Crippen LogP contribution in [0.25, 0.3) is 17.1 Å². The molecule has 0 aliphatic carbocycles. The van der Waals surface area contributed by atoms with Gasteiger partial charge >= 0.3 is 21.1 Å². The maximum absolute atomic E-state index is 10.3. The van der Waals surface area contributed by atoms with Crippen molar-refractivity contribution in [2.75, 3.05) is 9.80 Å². The first-order valence-corrected chi connectivity index (χ1v) is 13.7. The molecule has 0 atom stereocenters. The number of nitrogens with zero attached hydrogens (tertiary/aromatic N) is 5. The second-order valence-corrected chi connectivity index (χ2v) is 11.1. The van der Waals surface area contributed by atoms with E-state index < -0.39 is 0 Å². The molecule has 7 heteroatoms. The van der Waals surface area contributed by atoms with Crippen LogP contribution in [0.5, 0.6) is 5.75 Å². The summed E-state index contributed by atoms with van der Waals surface area (Å²) >= 11 is 0. The molecule has 0 fully saturated rings. The van der Waals surface area contributed by atoms with Gasteiger partial charge in [0.05, 0.1) is 5.82 Å². The number of aryl methyl sites for hydroxylation is 1. The predicted octanol–water partition coefficient (Wildman–Crippen LogP) is 8.03. The van der Waals surface area contributed by atoms with Gasteiger partial charge in [-0.3, -0.25) is 4.98 Å². The van der Waals surface area contributed by atoms with Crippen LogP contribution in [0.2, 0.25) is 0 Å². The molecule has 0 radical (unpaired) electrons. The minimum Gasteiger partial charge on any atom is -0.506 e. The molecular formula is C33H37N5OPt. The first-order chi connectivity index (χ1) is 18.6. The molecule has 40 heavy (non-hydrogen) atoms. The number of hydrogen-bond donors (Lipinski definition) is 1. The number of anilines is 2. The molecule has 0 spiro atoms. The quantitative estimate of drug-likeness (QED) is 0.197. The zero-order valence-corrected chi connectivity index (χ0v) is 26.4. The van der Waals surface area contributed by atoms with E-state index in [1.54, 1.807) is 16.8 Å². The number of aromatic hydroxyl groups is 1. The molecule has 1 aliphatic heterocycles. The van der Waals surface area contributed by atoms with E-state index in [0.717, 1.165) is 11.3 Å². The van der Waals surface area contributed by atoms with Gasteiger partial charge < -0.3 is 14.9 Å². The summed E-state index contributed by atoms with van der Waals surface area (Å²) < 4.78 is 1.66. The van der Waals surface area contributed by atoms with Crippen LogP contribution in [0.15, 0.2) is 67.0 Å². The minimum absolute atomic E-state index is 0. The van der Waals surface area contributed by atoms with Crippen molar-refractivity contribution >= 4 is 11.4 Å². The summed E-state index contributed by atoms with van der Waals surface area (Å²) in [7, 11) is 0. The van der Waals surface area contributed by atoms with Crippen LogP contribution in [0.4, 0.5) is 11.4 Å². The van der Waals surface area contributed by atoms with Crippen molar-refractivity contribution in [2.24, 2.45) is 0 Å². The van der Waals surface area contributed by atoms with E-state index >= 15 is 0 Å². The van der Waals surface area contributed by atoms with Gasteiger partial charge in [0.25, 0.3) is 0 Å². The number of rotatable bonds is 7. The third-order valence-electron chi connectivity index (χ3n) is 7.17. The second kappa shape index (κ2) is 12.0. The van der Waals surface area contributed by atoms with Crippen molar-refractivity contribution in [2.45, 2.75) is 66.2 Å². The summed E-state index contributed by atoms with van der Waals surface area (Å²) in [6.45, 7) is 17.6. The summed E-state index contributed by atoms with van der Waals surface area (Å²) in [5.74, 6) is 2.69. The first-order valence-electron chi connectivity index (χ1n) is 13.7. The Morgan fingerprint density at radius 3 is 2.10 bits per heavy atom. The number of phenolic OH excluding ortho intramolecular Hbond substituents is 1. The largest absolute Gasteiger partial charge is 2.00 e.